The van der Waals surface area contributed by atoms with Gasteiger partial charge < -0.3 is 10.1 Å². The number of ether oxygens (including phenoxy) is 1. The van der Waals surface area contributed by atoms with Crippen LogP contribution >= 0.6 is 11.6 Å². The number of amides is 2. The molecule has 120 valence electrons. The molecule has 1 N–H and O–H groups in total. The quantitative estimate of drug-likeness (QED) is 0.847. The average Bonchev–Trinajstić information content (AvgIpc) is 2.94. The van der Waals surface area contributed by atoms with E-state index in [9.17, 15) is 9.59 Å². The molecule has 1 aromatic rings. The lowest BCUT2D eigenvalue weighted by Gasteiger charge is -2.33. The molecule has 5 nitrogen and oxygen atoms in total. The molecule has 1 aromatic carbocycles. The van der Waals surface area contributed by atoms with Crippen molar-refractivity contribution in [3.8, 4) is 0 Å². The third-order valence-corrected chi connectivity index (χ3v) is 4.12. The topological polar surface area (TPSA) is 58.6 Å². The van der Waals surface area contributed by atoms with Gasteiger partial charge in [0.2, 0.25) is 5.91 Å². The molecule has 0 aliphatic carbocycles. The fourth-order valence-electron chi connectivity index (χ4n) is 2.64. The van der Waals surface area contributed by atoms with E-state index in [0.717, 1.165) is 12.0 Å². The van der Waals surface area contributed by atoms with Crippen molar-refractivity contribution in [1.82, 2.24) is 10.2 Å². The number of alkyl halides is 1. The van der Waals surface area contributed by atoms with Crippen LogP contribution in [0.1, 0.15) is 25.3 Å². The highest BCUT2D eigenvalue weighted by atomic mass is 35.5. The number of carbonyl (C=O) groups excluding carboxylic acids is 2. The van der Waals surface area contributed by atoms with Crippen molar-refractivity contribution in [3.05, 3.63) is 35.9 Å². The second kappa shape index (κ2) is 7.49. The predicted octanol–water partition coefficient (Wildman–Crippen LogP) is 2.53. The second-order valence-electron chi connectivity index (χ2n) is 5.51. The van der Waals surface area contributed by atoms with Gasteiger partial charge in [0.05, 0.1) is 0 Å². The van der Waals surface area contributed by atoms with Gasteiger partial charge in [-0.1, -0.05) is 30.3 Å². The van der Waals surface area contributed by atoms with E-state index in [4.69, 9.17) is 16.3 Å². The summed E-state index contributed by atoms with van der Waals surface area (Å²) >= 11 is 5.59. The maximum absolute atomic E-state index is 12.3. The lowest BCUT2D eigenvalue weighted by atomic mass is 9.98. The summed E-state index contributed by atoms with van der Waals surface area (Å²) in [4.78, 5) is 26.1. The van der Waals surface area contributed by atoms with Crippen molar-refractivity contribution in [2.24, 2.45) is 0 Å². The van der Waals surface area contributed by atoms with E-state index >= 15 is 0 Å². The molecule has 0 radical (unpaired) electrons. The van der Waals surface area contributed by atoms with E-state index < -0.39 is 11.6 Å². The Bertz CT molecular complexity index is 523. The largest absolute Gasteiger partial charge is 0.445 e. The molecule has 1 unspecified atom stereocenters. The summed E-state index contributed by atoms with van der Waals surface area (Å²) in [5.41, 5.74) is 0.0585. The van der Waals surface area contributed by atoms with E-state index in [1.807, 2.05) is 30.3 Å². The van der Waals surface area contributed by atoms with Gasteiger partial charge >= 0.3 is 6.09 Å². The molecule has 0 bridgehead atoms. The highest BCUT2D eigenvalue weighted by Gasteiger charge is 2.46. The zero-order chi connectivity index (χ0) is 16.0. The molecule has 6 heteroatoms. The third-order valence-electron chi connectivity index (χ3n) is 3.94. The minimum absolute atomic E-state index is 0.178. The summed E-state index contributed by atoms with van der Waals surface area (Å²) < 4.78 is 5.34. The number of carbonyl (C=O) groups is 2. The monoisotopic (exact) mass is 324 g/mol. The van der Waals surface area contributed by atoms with Crippen LogP contribution in [0.2, 0.25) is 0 Å². The number of likely N-dealkylation sites (tertiary alicyclic amines) is 1. The molecular weight excluding hydrogens is 304 g/mol. The normalized spacial score (nSPS) is 20.7. The Balaban J connectivity index is 1.97. The number of nitrogens with one attached hydrogen (secondary N) is 1. The summed E-state index contributed by atoms with van der Waals surface area (Å²) in [5.74, 6) is 0.169. The standard InChI is InChI=1S/C16H21ClN2O3/c1-16(14(20)18-10-9-17)8-5-11-19(16)15(21)22-12-13-6-3-2-4-7-13/h2-4,6-7H,5,8-12H2,1H3,(H,18,20). The fourth-order valence-corrected chi connectivity index (χ4v) is 2.73. The Hall–Kier alpha value is -1.75. The van der Waals surface area contributed by atoms with E-state index in [-0.39, 0.29) is 12.5 Å². The van der Waals surface area contributed by atoms with Crippen molar-refractivity contribution in [1.29, 1.82) is 0 Å². The molecule has 1 fully saturated rings. The summed E-state index contributed by atoms with van der Waals surface area (Å²) in [6, 6.07) is 9.48. The maximum atomic E-state index is 12.3. The number of hydrogen-bond acceptors (Lipinski definition) is 3. The smallest absolute Gasteiger partial charge is 0.410 e. The molecule has 22 heavy (non-hydrogen) atoms. The number of nitrogens with zero attached hydrogens (tertiary/aromatic N) is 1. The summed E-state index contributed by atoms with van der Waals surface area (Å²) in [6.07, 6.45) is 0.956. The number of benzene rings is 1. The van der Waals surface area contributed by atoms with Crippen LogP contribution in [-0.4, -0.2) is 41.4 Å². The fraction of sp³-hybridized carbons (Fsp3) is 0.500. The van der Waals surface area contributed by atoms with E-state index in [2.05, 4.69) is 5.32 Å². The van der Waals surface area contributed by atoms with Crippen LogP contribution < -0.4 is 5.32 Å². The van der Waals surface area contributed by atoms with E-state index in [1.165, 1.54) is 4.90 Å². The van der Waals surface area contributed by atoms with Crippen molar-refractivity contribution < 1.29 is 14.3 Å². The first-order valence-electron chi connectivity index (χ1n) is 7.40. The molecule has 1 atom stereocenters. The van der Waals surface area contributed by atoms with Crippen LogP contribution in [0, 0.1) is 0 Å². The first kappa shape index (κ1) is 16.6. The molecule has 1 aliphatic heterocycles. The number of halogens is 1. The van der Waals surface area contributed by atoms with Crippen molar-refractivity contribution in [3.63, 3.8) is 0 Å². The number of hydrogen-bond donors (Lipinski definition) is 1. The van der Waals surface area contributed by atoms with Crippen LogP contribution in [0.3, 0.4) is 0 Å². The molecule has 0 saturated carbocycles. The third kappa shape index (κ3) is 3.71. The van der Waals surface area contributed by atoms with Crippen LogP contribution in [0.15, 0.2) is 30.3 Å². The second-order valence-corrected chi connectivity index (χ2v) is 5.89. The van der Waals surface area contributed by atoms with Gasteiger partial charge in [-0.2, -0.15) is 0 Å². The van der Waals surface area contributed by atoms with Crippen molar-refractivity contribution in [2.75, 3.05) is 19.0 Å². The molecule has 1 saturated heterocycles. The lowest BCUT2D eigenvalue weighted by molar-refractivity contribution is -0.130. The van der Waals surface area contributed by atoms with Gasteiger partial charge in [0.15, 0.2) is 0 Å². The Morgan fingerprint density at radius 1 is 1.36 bits per heavy atom. The summed E-state index contributed by atoms with van der Waals surface area (Å²) in [7, 11) is 0. The lowest BCUT2D eigenvalue weighted by Crippen LogP contribution is -2.55. The van der Waals surface area contributed by atoms with Crippen LogP contribution in [0.25, 0.3) is 0 Å². The predicted molar refractivity (Wildman–Crippen MR) is 84.7 cm³/mol. The molecule has 1 aliphatic rings. The van der Waals surface area contributed by atoms with E-state index in [0.29, 0.717) is 25.4 Å². The summed E-state index contributed by atoms with van der Waals surface area (Å²) in [6.45, 7) is 2.89. The molecular formula is C16H21ClN2O3. The van der Waals surface area contributed by atoms with Gasteiger partial charge in [0.1, 0.15) is 12.1 Å². The van der Waals surface area contributed by atoms with Gasteiger partial charge in [-0.3, -0.25) is 9.69 Å². The highest BCUT2D eigenvalue weighted by Crippen LogP contribution is 2.30. The van der Waals surface area contributed by atoms with Gasteiger partial charge in [0.25, 0.3) is 0 Å². The Morgan fingerprint density at radius 3 is 2.77 bits per heavy atom. The van der Waals surface area contributed by atoms with Crippen LogP contribution in [-0.2, 0) is 16.1 Å². The molecule has 1 heterocycles. The molecule has 0 spiro atoms. The molecule has 2 rings (SSSR count). The Morgan fingerprint density at radius 2 is 2.09 bits per heavy atom. The van der Waals surface area contributed by atoms with Crippen molar-refractivity contribution in [2.45, 2.75) is 31.9 Å². The first-order valence-corrected chi connectivity index (χ1v) is 7.94. The maximum Gasteiger partial charge on any atom is 0.410 e. The zero-order valence-electron chi connectivity index (χ0n) is 12.7. The van der Waals surface area contributed by atoms with Gasteiger partial charge in [-0.25, -0.2) is 4.79 Å². The minimum Gasteiger partial charge on any atom is -0.445 e. The number of rotatable bonds is 5. The SMILES string of the molecule is CC1(C(=O)NCCCl)CCCN1C(=O)OCc1ccccc1. The minimum atomic E-state index is -0.861. The first-order chi connectivity index (χ1) is 10.6. The molecule has 0 aromatic heterocycles. The Labute approximate surface area is 135 Å². The highest BCUT2D eigenvalue weighted by molar-refractivity contribution is 6.18. The Kier molecular flexibility index (Phi) is 5.66. The zero-order valence-corrected chi connectivity index (χ0v) is 13.4. The van der Waals surface area contributed by atoms with Gasteiger partial charge in [-0.15, -0.1) is 11.6 Å². The van der Waals surface area contributed by atoms with Crippen molar-refractivity contribution >= 4 is 23.6 Å². The summed E-state index contributed by atoms with van der Waals surface area (Å²) in [5, 5.41) is 2.75. The average molecular weight is 325 g/mol. The van der Waals surface area contributed by atoms with Gasteiger partial charge in [-0.05, 0) is 25.3 Å². The molecule has 2 amide bonds. The van der Waals surface area contributed by atoms with E-state index in [1.54, 1.807) is 6.92 Å². The van der Waals surface area contributed by atoms with Crippen LogP contribution in [0.5, 0.6) is 0 Å². The van der Waals surface area contributed by atoms with Gasteiger partial charge in [0, 0.05) is 19.0 Å². The van der Waals surface area contributed by atoms with Crippen LogP contribution in [0.4, 0.5) is 4.79 Å².